The highest BCUT2D eigenvalue weighted by Gasteiger charge is 2.40. The molecule has 1 aromatic rings. The molecule has 2 rings (SSSR count). The zero-order valence-electron chi connectivity index (χ0n) is 10.5. The molecule has 1 aliphatic rings. The number of carbonyl (C=O) groups excluding carboxylic acids is 1. The Balaban J connectivity index is 2.06. The van der Waals surface area contributed by atoms with Crippen LogP contribution in [-0.4, -0.2) is 30.7 Å². The van der Waals surface area contributed by atoms with Gasteiger partial charge in [0.15, 0.2) is 0 Å². The van der Waals surface area contributed by atoms with Crippen molar-refractivity contribution in [2.45, 2.75) is 31.5 Å². The van der Waals surface area contributed by atoms with Gasteiger partial charge in [-0.1, -0.05) is 17.7 Å². The molecule has 1 aromatic carbocycles. The maximum atomic E-state index is 12.2. The maximum Gasteiger partial charge on any atom is 0.253 e. The van der Waals surface area contributed by atoms with Crippen LogP contribution in [-0.2, 0) is 4.74 Å². The number of benzene rings is 1. The number of carbonyl (C=O) groups is 1. The molecule has 1 amide bonds. The van der Waals surface area contributed by atoms with Gasteiger partial charge in [0.2, 0.25) is 0 Å². The second-order valence-corrected chi connectivity index (χ2v) is 5.73. The second kappa shape index (κ2) is 6.22. The van der Waals surface area contributed by atoms with E-state index in [9.17, 15) is 4.79 Å². The van der Waals surface area contributed by atoms with Crippen LogP contribution in [0.2, 0.25) is 5.02 Å². The summed E-state index contributed by atoms with van der Waals surface area (Å²) in [5.74, 6) is -0.226. The summed E-state index contributed by atoms with van der Waals surface area (Å²) in [6, 6.07) is 5.03. The molecule has 19 heavy (non-hydrogen) atoms. The lowest BCUT2D eigenvalue weighted by Gasteiger charge is -2.42. The van der Waals surface area contributed by atoms with Crippen molar-refractivity contribution in [3.8, 4) is 0 Å². The molecular formula is C13H16BrClN2O2. The summed E-state index contributed by atoms with van der Waals surface area (Å²) in [6.45, 7) is 2.54. The van der Waals surface area contributed by atoms with E-state index in [0.717, 1.165) is 6.42 Å². The molecule has 3 atom stereocenters. The fourth-order valence-electron chi connectivity index (χ4n) is 2.14. The number of rotatable bonds is 4. The molecule has 0 heterocycles. The van der Waals surface area contributed by atoms with Gasteiger partial charge in [-0.25, -0.2) is 0 Å². The molecule has 0 aromatic heterocycles. The van der Waals surface area contributed by atoms with Gasteiger partial charge in [0.25, 0.3) is 5.91 Å². The summed E-state index contributed by atoms with van der Waals surface area (Å²) in [4.78, 5) is 12.2. The highest BCUT2D eigenvalue weighted by atomic mass is 79.9. The molecule has 0 saturated heterocycles. The van der Waals surface area contributed by atoms with E-state index in [-0.39, 0.29) is 24.1 Å². The van der Waals surface area contributed by atoms with Gasteiger partial charge in [0, 0.05) is 17.1 Å². The molecule has 6 heteroatoms. The number of nitrogens with one attached hydrogen (secondary N) is 1. The normalized spacial score (nSPS) is 25.8. The van der Waals surface area contributed by atoms with Crippen LogP contribution in [0.15, 0.2) is 22.7 Å². The largest absolute Gasteiger partial charge is 0.376 e. The summed E-state index contributed by atoms with van der Waals surface area (Å²) in [7, 11) is 0. The monoisotopic (exact) mass is 346 g/mol. The first kappa shape index (κ1) is 14.8. The Morgan fingerprint density at radius 1 is 1.63 bits per heavy atom. The van der Waals surface area contributed by atoms with Gasteiger partial charge in [-0.2, -0.15) is 0 Å². The van der Waals surface area contributed by atoms with Crippen LogP contribution in [0, 0.1) is 0 Å². The van der Waals surface area contributed by atoms with Gasteiger partial charge in [-0.05, 0) is 41.4 Å². The molecule has 3 N–H and O–H groups in total. The molecule has 0 spiro atoms. The standard InChI is InChI=1S/C13H16BrClN2O2/c1-2-19-10-6-9(16)12(10)17-13(18)7-4-3-5-8(14)11(7)15/h3-5,9-10,12H,2,6,16H2,1H3,(H,17,18). The molecule has 1 aliphatic carbocycles. The number of halogens is 2. The minimum absolute atomic E-state index is 0.00474. The highest BCUT2D eigenvalue weighted by Crippen LogP contribution is 2.27. The minimum atomic E-state index is -0.226. The first-order valence-corrected chi connectivity index (χ1v) is 7.33. The fourth-order valence-corrected chi connectivity index (χ4v) is 2.71. The van der Waals surface area contributed by atoms with Crippen molar-refractivity contribution in [3.63, 3.8) is 0 Å². The molecule has 0 bridgehead atoms. The van der Waals surface area contributed by atoms with E-state index >= 15 is 0 Å². The van der Waals surface area contributed by atoms with E-state index in [2.05, 4.69) is 21.2 Å². The third-order valence-electron chi connectivity index (χ3n) is 3.24. The van der Waals surface area contributed by atoms with E-state index in [4.69, 9.17) is 22.1 Å². The first-order valence-electron chi connectivity index (χ1n) is 6.16. The topological polar surface area (TPSA) is 64.3 Å². The summed E-state index contributed by atoms with van der Waals surface area (Å²) < 4.78 is 6.21. The molecule has 104 valence electrons. The van der Waals surface area contributed by atoms with Crippen molar-refractivity contribution in [2.75, 3.05) is 6.61 Å². The van der Waals surface area contributed by atoms with Crippen LogP contribution in [0.4, 0.5) is 0 Å². The summed E-state index contributed by atoms with van der Waals surface area (Å²) >= 11 is 9.40. The summed E-state index contributed by atoms with van der Waals surface area (Å²) in [5.41, 5.74) is 6.34. The van der Waals surface area contributed by atoms with E-state index in [1.807, 2.05) is 6.92 Å². The fraction of sp³-hybridized carbons (Fsp3) is 0.462. The summed E-state index contributed by atoms with van der Waals surface area (Å²) in [6.07, 6.45) is 0.764. The third-order valence-corrected chi connectivity index (χ3v) is 4.54. The zero-order chi connectivity index (χ0) is 14.0. The molecule has 0 aliphatic heterocycles. The summed E-state index contributed by atoms with van der Waals surface area (Å²) in [5, 5.41) is 3.29. The van der Waals surface area contributed by atoms with E-state index < -0.39 is 0 Å². The predicted octanol–water partition coefficient (Wildman–Crippen LogP) is 2.34. The lowest BCUT2D eigenvalue weighted by molar-refractivity contribution is -0.0300. The molecule has 3 unspecified atom stereocenters. The Labute approximate surface area is 125 Å². The Morgan fingerprint density at radius 2 is 2.37 bits per heavy atom. The van der Waals surface area contributed by atoms with E-state index in [1.165, 1.54) is 0 Å². The quantitative estimate of drug-likeness (QED) is 0.878. The second-order valence-electron chi connectivity index (χ2n) is 4.49. The van der Waals surface area contributed by atoms with Crippen LogP contribution < -0.4 is 11.1 Å². The molecule has 4 nitrogen and oxygen atoms in total. The molecule has 1 fully saturated rings. The van der Waals surface area contributed by atoms with Gasteiger partial charge in [-0.15, -0.1) is 0 Å². The van der Waals surface area contributed by atoms with Crippen molar-refractivity contribution in [2.24, 2.45) is 5.73 Å². The van der Waals surface area contributed by atoms with Crippen molar-refractivity contribution < 1.29 is 9.53 Å². The molecule has 0 radical (unpaired) electrons. The van der Waals surface area contributed by atoms with Gasteiger partial charge in [0.1, 0.15) is 0 Å². The maximum absolute atomic E-state index is 12.2. The van der Waals surface area contributed by atoms with E-state index in [0.29, 0.717) is 21.7 Å². The van der Waals surface area contributed by atoms with Crippen LogP contribution >= 0.6 is 27.5 Å². The zero-order valence-corrected chi connectivity index (χ0v) is 12.9. The lowest BCUT2D eigenvalue weighted by Crippen LogP contribution is -2.64. The van der Waals surface area contributed by atoms with Gasteiger partial charge >= 0.3 is 0 Å². The van der Waals surface area contributed by atoms with Gasteiger partial charge in [-0.3, -0.25) is 4.79 Å². The van der Waals surface area contributed by atoms with Crippen LogP contribution in [0.1, 0.15) is 23.7 Å². The smallest absolute Gasteiger partial charge is 0.253 e. The molecule has 1 saturated carbocycles. The Morgan fingerprint density at radius 3 is 3.00 bits per heavy atom. The Hall–Kier alpha value is -0.620. The highest BCUT2D eigenvalue weighted by molar-refractivity contribution is 9.10. The van der Waals surface area contributed by atoms with Crippen molar-refractivity contribution in [3.05, 3.63) is 33.3 Å². The van der Waals surface area contributed by atoms with Crippen molar-refractivity contribution in [1.82, 2.24) is 5.32 Å². The third kappa shape index (κ3) is 3.11. The lowest BCUT2D eigenvalue weighted by atomic mass is 9.83. The first-order chi connectivity index (χ1) is 9.04. The van der Waals surface area contributed by atoms with Crippen LogP contribution in [0.25, 0.3) is 0 Å². The predicted molar refractivity (Wildman–Crippen MR) is 78.4 cm³/mol. The van der Waals surface area contributed by atoms with Crippen molar-refractivity contribution >= 4 is 33.4 Å². The number of nitrogens with two attached hydrogens (primary N) is 1. The minimum Gasteiger partial charge on any atom is -0.376 e. The Bertz CT molecular complexity index is 482. The van der Waals surface area contributed by atoms with Gasteiger partial charge in [0.05, 0.1) is 22.7 Å². The average molecular weight is 348 g/mol. The SMILES string of the molecule is CCOC1CC(N)C1NC(=O)c1cccc(Br)c1Cl. The van der Waals surface area contributed by atoms with Crippen LogP contribution in [0.5, 0.6) is 0 Å². The molecular weight excluding hydrogens is 332 g/mol. The van der Waals surface area contributed by atoms with Crippen molar-refractivity contribution in [1.29, 1.82) is 0 Å². The van der Waals surface area contributed by atoms with Crippen LogP contribution in [0.3, 0.4) is 0 Å². The van der Waals surface area contributed by atoms with Gasteiger partial charge < -0.3 is 15.8 Å². The average Bonchev–Trinajstić information content (AvgIpc) is 2.39. The Kier molecular flexibility index (Phi) is 4.84. The number of amides is 1. The number of ether oxygens (including phenoxy) is 1. The number of hydrogen-bond donors (Lipinski definition) is 2. The number of hydrogen-bond acceptors (Lipinski definition) is 3. The van der Waals surface area contributed by atoms with E-state index in [1.54, 1.807) is 18.2 Å².